The fourth-order valence-electron chi connectivity index (χ4n) is 6.89. The lowest BCUT2D eigenvalue weighted by molar-refractivity contribution is -0.889. The summed E-state index contributed by atoms with van der Waals surface area (Å²) < 4.78 is 17.2. The maximum Gasteiger partial charge on any atom is 0.306 e. The molecule has 0 aliphatic rings. The minimum Gasteiger partial charge on any atom is -0.544 e. The third-order valence-corrected chi connectivity index (χ3v) is 10.8. The number of carboxylic acids is 1. The smallest absolute Gasteiger partial charge is 0.306 e. The predicted molar refractivity (Wildman–Crippen MR) is 277 cm³/mol. The number of carbonyl (C=O) groups is 3. The minimum absolute atomic E-state index is 0.0137. The number of carboxylic acid groups (broad SMARTS) is 1. The largest absolute Gasteiger partial charge is 0.544 e. The fourth-order valence-corrected chi connectivity index (χ4v) is 6.89. The zero-order valence-corrected chi connectivity index (χ0v) is 42.3. The molecule has 0 aromatic rings. The third kappa shape index (κ3) is 44.9. The Hall–Kier alpha value is -4.27. The number of rotatable bonds is 44. The van der Waals surface area contributed by atoms with Crippen LogP contribution in [0.1, 0.15) is 174 Å². The van der Waals surface area contributed by atoms with Gasteiger partial charge in [-0.25, -0.2) is 0 Å². The number of quaternary nitrogens is 1. The van der Waals surface area contributed by atoms with E-state index in [0.717, 1.165) is 64.2 Å². The molecule has 0 rings (SSSR count). The van der Waals surface area contributed by atoms with E-state index < -0.39 is 18.1 Å². The number of nitrogens with zero attached hydrogens (tertiary/aromatic N) is 1. The van der Waals surface area contributed by atoms with Crippen molar-refractivity contribution in [1.29, 1.82) is 0 Å². The van der Waals surface area contributed by atoms with E-state index in [1.807, 2.05) is 72.9 Å². The standard InChI is InChI=1S/C58H93NO7/c1-6-8-10-12-14-16-18-20-22-24-26-27-28-29-31-32-34-36-38-40-42-44-46-48-56(60)65-53-54(52-64-51-50-55(58(62)63)59(3,4)5)66-57(61)49-47-45-43-41-39-37-35-33-30-25-23-21-19-17-15-13-11-9-7-2/h8-11,13-17,19-23,25,30,33,35,37,39,54-55H,6-7,12,18,24,26-29,31-32,34,36,38,40-53H2,1-5H3/b10-8+,11-9+,15-13+,16-14+,19-17+,22-20+,23-21+,30-25+,35-33+,39-37+. The summed E-state index contributed by atoms with van der Waals surface area (Å²) in [5.41, 5.74) is 0. The second kappa shape index (κ2) is 47.2. The van der Waals surface area contributed by atoms with Crippen LogP contribution in [0.2, 0.25) is 0 Å². The van der Waals surface area contributed by atoms with E-state index >= 15 is 0 Å². The van der Waals surface area contributed by atoms with Gasteiger partial charge >= 0.3 is 11.9 Å². The number of likely N-dealkylation sites (N-methyl/N-ethyl adjacent to an activating group) is 1. The van der Waals surface area contributed by atoms with Crippen LogP contribution in [-0.2, 0) is 28.6 Å². The van der Waals surface area contributed by atoms with E-state index in [1.54, 1.807) is 21.1 Å². The van der Waals surface area contributed by atoms with Crippen LogP contribution >= 0.6 is 0 Å². The molecule has 2 atom stereocenters. The van der Waals surface area contributed by atoms with Gasteiger partial charge in [0.15, 0.2) is 6.10 Å². The molecule has 0 heterocycles. The molecule has 0 aromatic carbocycles. The molecule has 0 N–H and O–H groups in total. The maximum atomic E-state index is 12.8. The number of allylic oxidation sites excluding steroid dienone is 20. The molecule has 0 bridgehead atoms. The second-order valence-electron chi connectivity index (χ2n) is 17.8. The quantitative estimate of drug-likeness (QED) is 0.0197. The molecule has 66 heavy (non-hydrogen) atoms. The van der Waals surface area contributed by atoms with Gasteiger partial charge < -0.3 is 28.6 Å². The molecule has 0 amide bonds. The fraction of sp³-hybridized carbons (Fsp3) is 0.603. The van der Waals surface area contributed by atoms with Crippen LogP contribution in [0.4, 0.5) is 0 Å². The molecule has 2 unspecified atom stereocenters. The highest BCUT2D eigenvalue weighted by Crippen LogP contribution is 2.15. The SMILES string of the molecule is CC/C=C/C=C/C=C/C=C/C=C/C=C/C=C/CCCCCC(=O)OC(COCCC(C(=O)[O-])[N+](C)(C)C)COC(=O)CCCCCCCCCCCCCCC/C=C/C/C=C/C/C=C/CC. The van der Waals surface area contributed by atoms with Crippen molar-refractivity contribution in [3.63, 3.8) is 0 Å². The summed E-state index contributed by atoms with van der Waals surface area (Å²) in [6.45, 7) is 4.35. The highest BCUT2D eigenvalue weighted by atomic mass is 16.6. The molecule has 0 fully saturated rings. The summed E-state index contributed by atoms with van der Waals surface area (Å²) >= 11 is 0. The molecule has 0 saturated carbocycles. The van der Waals surface area contributed by atoms with E-state index in [9.17, 15) is 19.5 Å². The Bertz CT molecular complexity index is 1490. The van der Waals surface area contributed by atoms with Crippen LogP contribution in [0.5, 0.6) is 0 Å². The monoisotopic (exact) mass is 916 g/mol. The molecule has 0 saturated heterocycles. The summed E-state index contributed by atoms with van der Waals surface area (Å²) in [7, 11) is 5.38. The van der Waals surface area contributed by atoms with Gasteiger partial charge in [-0.05, 0) is 64.2 Å². The van der Waals surface area contributed by atoms with E-state index in [2.05, 4.69) is 62.5 Å². The molecular formula is C58H93NO7. The number of hydrogen-bond acceptors (Lipinski definition) is 7. The van der Waals surface area contributed by atoms with Gasteiger partial charge in [-0.15, -0.1) is 0 Å². The number of ether oxygens (including phenoxy) is 3. The van der Waals surface area contributed by atoms with Gasteiger partial charge in [0.1, 0.15) is 12.6 Å². The van der Waals surface area contributed by atoms with Crippen LogP contribution in [0.15, 0.2) is 122 Å². The summed E-state index contributed by atoms with van der Waals surface area (Å²) in [6, 6.07) is -0.743. The topological polar surface area (TPSA) is 102 Å². The highest BCUT2D eigenvalue weighted by Gasteiger charge is 2.25. The minimum atomic E-state index is -1.14. The van der Waals surface area contributed by atoms with Crippen molar-refractivity contribution < 1.29 is 38.2 Å². The number of esters is 2. The van der Waals surface area contributed by atoms with Crippen molar-refractivity contribution in [3.05, 3.63) is 122 Å². The summed E-state index contributed by atoms with van der Waals surface area (Å²) in [4.78, 5) is 37.1. The molecule has 8 heteroatoms. The lowest BCUT2D eigenvalue weighted by atomic mass is 10.0. The molecule has 0 aromatic heterocycles. The number of hydrogen-bond donors (Lipinski definition) is 0. The van der Waals surface area contributed by atoms with Crippen molar-refractivity contribution in [2.45, 2.75) is 187 Å². The van der Waals surface area contributed by atoms with Gasteiger partial charge in [-0.3, -0.25) is 9.59 Å². The molecule has 0 spiro atoms. The molecule has 8 nitrogen and oxygen atoms in total. The van der Waals surface area contributed by atoms with Crippen molar-refractivity contribution in [3.8, 4) is 0 Å². The van der Waals surface area contributed by atoms with E-state index in [0.29, 0.717) is 12.8 Å². The maximum absolute atomic E-state index is 12.8. The summed E-state index contributed by atoms with van der Waals surface area (Å²) in [5, 5.41) is 11.7. The van der Waals surface area contributed by atoms with Crippen LogP contribution in [0.3, 0.4) is 0 Å². The third-order valence-electron chi connectivity index (χ3n) is 10.8. The van der Waals surface area contributed by atoms with Gasteiger partial charge in [0, 0.05) is 19.3 Å². The van der Waals surface area contributed by atoms with E-state index in [-0.39, 0.29) is 49.1 Å². The van der Waals surface area contributed by atoms with Gasteiger partial charge in [0.2, 0.25) is 0 Å². The van der Waals surface area contributed by atoms with Crippen molar-refractivity contribution in [2.75, 3.05) is 41.0 Å². The van der Waals surface area contributed by atoms with Crippen molar-refractivity contribution in [2.24, 2.45) is 0 Å². The Labute approximate surface area is 403 Å². The van der Waals surface area contributed by atoms with Crippen molar-refractivity contribution >= 4 is 17.9 Å². The number of carbonyl (C=O) groups excluding carboxylic acids is 3. The highest BCUT2D eigenvalue weighted by molar-refractivity contribution is 5.70. The molecular weight excluding hydrogens is 823 g/mol. The van der Waals surface area contributed by atoms with Gasteiger partial charge in [0.25, 0.3) is 0 Å². The van der Waals surface area contributed by atoms with Crippen LogP contribution in [-0.4, -0.2) is 75.5 Å². The first-order valence-electron chi connectivity index (χ1n) is 25.7. The van der Waals surface area contributed by atoms with Crippen molar-refractivity contribution in [1.82, 2.24) is 0 Å². The summed E-state index contributed by atoms with van der Waals surface area (Å²) in [6.07, 6.45) is 66.6. The van der Waals surface area contributed by atoms with Crippen LogP contribution in [0, 0.1) is 0 Å². The van der Waals surface area contributed by atoms with E-state index in [1.165, 1.54) is 70.6 Å². The summed E-state index contributed by atoms with van der Waals surface area (Å²) in [5.74, 6) is -1.81. The Morgan fingerprint density at radius 1 is 0.470 bits per heavy atom. The zero-order chi connectivity index (χ0) is 48.4. The van der Waals surface area contributed by atoms with Gasteiger partial charge in [-0.2, -0.15) is 0 Å². The average Bonchev–Trinajstić information content (AvgIpc) is 3.28. The Morgan fingerprint density at radius 3 is 1.38 bits per heavy atom. The van der Waals surface area contributed by atoms with E-state index in [4.69, 9.17) is 14.2 Å². The zero-order valence-electron chi connectivity index (χ0n) is 42.3. The average molecular weight is 916 g/mol. The Kier molecular flexibility index (Phi) is 44.2. The molecule has 372 valence electrons. The van der Waals surface area contributed by atoms with Gasteiger partial charge in [0.05, 0.1) is 40.3 Å². The number of unbranched alkanes of at least 4 members (excludes halogenated alkanes) is 16. The second-order valence-corrected chi connectivity index (χ2v) is 17.8. The lowest BCUT2D eigenvalue weighted by Crippen LogP contribution is -2.55. The Balaban J connectivity index is 4.33. The number of aliphatic carboxylic acids is 1. The first-order chi connectivity index (χ1) is 32.1. The molecule has 0 radical (unpaired) electrons. The van der Waals surface area contributed by atoms with Crippen LogP contribution < -0.4 is 5.11 Å². The predicted octanol–water partition coefficient (Wildman–Crippen LogP) is 13.6. The van der Waals surface area contributed by atoms with Gasteiger partial charge in [-0.1, -0.05) is 212 Å². The molecule has 0 aliphatic carbocycles. The first kappa shape index (κ1) is 61.7. The Morgan fingerprint density at radius 2 is 0.879 bits per heavy atom. The normalized spacial score (nSPS) is 13.9. The first-order valence-corrected chi connectivity index (χ1v) is 25.7. The molecule has 0 aliphatic heterocycles. The van der Waals surface area contributed by atoms with Crippen LogP contribution in [0.25, 0.3) is 0 Å². The lowest BCUT2D eigenvalue weighted by Gasteiger charge is -2.34.